The van der Waals surface area contributed by atoms with Crippen molar-refractivity contribution in [3.8, 4) is 0 Å². The van der Waals surface area contributed by atoms with E-state index in [1.54, 1.807) is 18.4 Å². The highest BCUT2D eigenvalue weighted by molar-refractivity contribution is 9.10. The summed E-state index contributed by atoms with van der Waals surface area (Å²) in [5.74, 6) is 0.739. The fraction of sp³-hybridized carbons (Fsp3) is 0.692. The molecule has 1 aliphatic rings. The van der Waals surface area contributed by atoms with Crippen LogP contribution in [0.5, 0.6) is 0 Å². The number of hydrogen-bond donors (Lipinski definition) is 1. The first-order chi connectivity index (χ1) is 8.78. The third-order valence-electron chi connectivity index (χ3n) is 3.30. The van der Waals surface area contributed by atoms with E-state index in [0.717, 1.165) is 32.2 Å². The minimum absolute atomic E-state index is 0.739. The smallest absolute Gasteiger partial charge is 0.0503 e. The Balaban J connectivity index is 1.56. The summed E-state index contributed by atoms with van der Waals surface area (Å²) < 4.78 is 6.40. The fourth-order valence-corrected chi connectivity index (χ4v) is 3.80. The molecule has 0 amide bonds. The van der Waals surface area contributed by atoms with Crippen molar-refractivity contribution in [3.63, 3.8) is 0 Å². The highest BCUT2D eigenvalue weighted by Crippen LogP contribution is 2.19. The zero-order chi connectivity index (χ0) is 12.8. The molecule has 1 N–H and O–H groups in total. The predicted molar refractivity (Wildman–Crippen MR) is 80.1 cm³/mol. The summed E-state index contributed by atoms with van der Waals surface area (Å²) in [6.07, 6.45) is 1.28. The maximum absolute atomic E-state index is 5.21. The van der Waals surface area contributed by atoms with Gasteiger partial charge in [-0.1, -0.05) is 0 Å². The van der Waals surface area contributed by atoms with Crippen LogP contribution in [0, 0.1) is 5.92 Å². The molecule has 2 heterocycles. The van der Waals surface area contributed by atoms with Crippen molar-refractivity contribution < 1.29 is 4.74 Å². The summed E-state index contributed by atoms with van der Waals surface area (Å²) in [6.45, 7) is 6.51. The lowest BCUT2D eigenvalue weighted by atomic mass is 10.1. The standard InChI is InChI=1S/C13H21BrN2OS/c1-17-9-11-2-4-16(8-11)5-3-15-7-13-6-12(14)10-18-13/h6,10-11,15H,2-5,7-9H2,1H3. The molecule has 0 saturated carbocycles. The van der Waals surface area contributed by atoms with Gasteiger partial charge in [0, 0.05) is 48.0 Å². The number of halogens is 1. The molecule has 0 radical (unpaired) electrons. The number of rotatable bonds is 7. The molecular formula is C13H21BrN2OS. The largest absolute Gasteiger partial charge is 0.384 e. The van der Waals surface area contributed by atoms with Gasteiger partial charge in [0.15, 0.2) is 0 Å². The quantitative estimate of drug-likeness (QED) is 0.776. The first-order valence-corrected chi connectivity index (χ1v) is 8.10. The zero-order valence-corrected chi connectivity index (χ0v) is 13.2. The van der Waals surface area contributed by atoms with Crippen LogP contribution in [0.2, 0.25) is 0 Å². The van der Waals surface area contributed by atoms with Crippen LogP contribution >= 0.6 is 27.3 Å². The second kappa shape index (κ2) is 7.60. The van der Waals surface area contributed by atoms with Crippen LogP contribution in [-0.2, 0) is 11.3 Å². The monoisotopic (exact) mass is 332 g/mol. The Kier molecular flexibility index (Phi) is 6.11. The molecule has 1 aromatic heterocycles. The highest BCUT2D eigenvalue weighted by Gasteiger charge is 2.21. The molecule has 1 aliphatic heterocycles. The van der Waals surface area contributed by atoms with E-state index in [1.165, 1.54) is 28.9 Å². The van der Waals surface area contributed by atoms with Gasteiger partial charge in [-0.25, -0.2) is 0 Å². The van der Waals surface area contributed by atoms with Crippen LogP contribution in [0.25, 0.3) is 0 Å². The first-order valence-electron chi connectivity index (χ1n) is 6.43. The van der Waals surface area contributed by atoms with E-state index in [0.29, 0.717) is 0 Å². The third kappa shape index (κ3) is 4.63. The lowest BCUT2D eigenvalue weighted by Crippen LogP contribution is -2.30. The summed E-state index contributed by atoms with van der Waals surface area (Å²) in [5, 5.41) is 5.64. The molecule has 5 heteroatoms. The van der Waals surface area contributed by atoms with Crippen LogP contribution in [0.4, 0.5) is 0 Å². The topological polar surface area (TPSA) is 24.5 Å². The molecule has 1 atom stereocenters. The summed E-state index contributed by atoms with van der Waals surface area (Å²) in [5.41, 5.74) is 0. The van der Waals surface area contributed by atoms with Crippen LogP contribution in [0.3, 0.4) is 0 Å². The number of ether oxygens (including phenoxy) is 1. The highest BCUT2D eigenvalue weighted by atomic mass is 79.9. The average Bonchev–Trinajstić information content (AvgIpc) is 2.95. The molecule has 1 aromatic rings. The molecule has 0 bridgehead atoms. The van der Waals surface area contributed by atoms with Crippen LogP contribution in [-0.4, -0.2) is 44.8 Å². The van der Waals surface area contributed by atoms with Crippen LogP contribution in [0.15, 0.2) is 15.9 Å². The lowest BCUT2D eigenvalue weighted by molar-refractivity contribution is 0.153. The van der Waals surface area contributed by atoms with Gasteiger partial charge in [0.2, 0.25) is 0 Å². The molecule has 102 valence electrons. The number of thiophene rings is 1. The Morgan fingerprint density at radius 1 is 1.61 bits per heavy atom. The molecular weight excluding hydrogens is 312 g/mol. The van der Waals surface area contributed by atoms with Crippen LogP contribution in [0.1, 0.15) is 11.3 Å². The number of nitrogens with zero attached hydrogens (tertiary/aromatic N) is 1. The molecule has 18 heavy (non-hydrogen) atoms. The Bertz CT molecular complexity index is 359. The van der Waals surface area contributed by atoms with Gasteiger partial charge in [0.05, 0.1) is 6.61 Å². The molecule has 0 aromatic carbocycles. The summed E-state index contributed by atoms with van der Waals surface area (Å²) in [4.78, 5) is 3.92. The second-order valence-corrected chi connectivity index (χ2v) is 6.73. The molecule has 0 spiro atoms. The van der Waals surface area contributed by atoms with Crippen molar-refractivity contribution in [2.45, 2.75) is 13.0 Å². The van der Waals surface area contributed by atoms with Crippen molar-refractivity contribution in [1.29, 1.82) is 0 Å². The minimum atomic E-state index is 0.739. The Morgan fingerprint density at radius 2 is 2.50 bits per heavy atom. The van der Waals surface area contributed by atoms with Crippen molar-refractivity contribution in [2.24, 2.45) is 5.92 Å². The van der Waals surface area contributed by atoms with Gasteiger partial charge in [-0.05, 0) is 40.9 Å². The van der Waals surface area contributed by atoms with E-state index in [1.807, 2.05) is 0 Å². The fourth-order valence-electron chi connectivity index (χ4n) is 2.38. The van der Waals surface area contributed by atoms with E-state index in [-0.39, 0.29) is 0 Å². The number of nitrogens with one attached hydrogen (secondary N) is 1. The summed E-state index contributed by atoms with van der Waals surface area (Å²) in [6, 6.07) is 2.18. The Hall–Kier alpha value is 0.0600. The molecule has 1 saturated heterocycles. The molecule has 0 aliphatic carbocycles. The molecule has 1 unspecified atom stereocenters. The molecule has 3 nitrogen and oxygen atoms in total. The van der Waals surface area contributed by atoms with Gasteiger partial charge in [-0.3, -0.25) is 0 Å². The summed E-state index contributed by atoms with van der Waals surface area (Å²) in [7, 11) is 1.80. The van der Waals surface area contributed by atoms with Crippen molar-refractivity contribution in [3.05, 3.63) is 20.8 Å². The van der Waals surface area contributed by atoms with E-state index in [2.05, 4.69) is 37.6 Å². The van der Waals surface area contributed by atoms with Gasteiger partial charge in [0.25, 0.3) is 0 Å². The maximum Gasteiger partial charge on any atom is 0.0503 e. The van der Waals surface area contributed by atoms with Gasteiger partial charge < -0.3 is 15.0 Å². The van der Waals surface area contributed by atoms with E-state index in [9.17, 15) is 0 Å². The van der Waals surface area contributed by atoms with Gasteiger partial charge in [0.1, 0.15) is 0 Å². The van der Waals surface area contributed by atoms with Gasteiger partial charge in [-0.2, -0.15) is 0 Å². The van der Waals surface area contributed by atoms with E-state index >= 15 is 0 Å². The van der Waals surface area contributed by atoms with E-state index < -0.39 is 0 Å². The van der Waals surface area contributed by atoms with Crippen molar-refractivity contribution in [1.82, 2.24) is 10.2 Å². The minimum Gasteiger partial charge on any atom is -0.384 e. The Morgan fingerprint density at radius 3 is 3.22 bits per heavy atom. The Labute approximate surface area is 122 Å². The van der Waals surface area contributed by atoms with Crippen molar-refractivity contribution in [2.75, 3.05) is 39.9 Å². The SMILES string of the molecule is COCC1CCN(CCNCc2cc(Br)cs2)C1. The van der Waals surface area contributed by atoms with Gasteiger partial charge in [-0.15, -0.1) is 11.3 Å². The molecule has 2 rings (SSSR count). The first kappa shape index (κ1) is 14.5. The number of hydrogen-bond acceptors (Lipinski definition) is 4. The third-order valence-corrected chi connectivity index (χ3v) is 5.00. The van der Waals surface area contributed by atoms with Crippen molar-refractivity contribution >= 4 is 27.3 Å². The van der Waals surface area contributed by atoms with Crippen LogP contribution < -0.4 is 5.32 Å². The number of methoxy groups -OCH3 is 1. The lowest BCUT2D eigenvalue weighted by Gasteiger charge is -2.15. The summed E-state index contributed by atoms with van der Waals surface area (Å²) >= 11 is 5.28. The predicted octanol–water partition coefficient (Wildman–Crippen LogP) is 2.57. The molecule has 1 fully saturated rings. The second-order valence-electron chi connectivity index (χ2n) is 4.82. The number of likely N-dealkylation sites (tertiary alicyclic amines) is 1. The van der Waals surface area contributed by atoms with E-state index in [4.69, 9.17) is 4.74 Å². The maximum atomic E-state index is 5.21. The zero-order valence-electron chi connectivity index (χ0n) is 10.8. The average molecular weight is 333 g/mol. The van der Waals surface area contributed by atoms with Gasteiger partial charge >= 0.3 is 0 Å². The normalized spacial score (nSPS) is 20.7.